The lowest BCUT2D eigenvalue weighted by Gasteiger charge is -2.40. The number of aliphatic carboxylic acids is 1. The first-order valence-electron chi connectivity index (χ1n) is 14.5. The van der Waals surface area contributed by atoms with Crippen LogP contribution in [0.5, 0.6) is 0 Å². The SMILES string of the molecule is CC(C)(C)OC(=O)NCCCCC(NC(=O)OCc1ccccc1)C(=O)N1CCC(NC(=O)OC(C)(C)C)(C(=O)O)CC1. The molecule has 0 aromatic heterocycles. The molecule has 0 aliphatic carbocycles. The first kappa shape index (κ1) is 35.2. The van der Waals surface area contributed by atoms with Gasteiger partial charge in [0, 0.05) is 19.6 Å². The van der Waals surface area contributed by atoms with E-state index in [1.54, 1.807) is 53.7 Å². The molecule has 4 amide bonds. The van der Waals surface area contributed by atoms with E-state index in [0.29, 0.717) is 19.4 Å². The van der Waals surface area contributed by atoms with Gasteiger partial charge in [0.1, 0.15) is 29.4 Å². The zero-order valence-electron chi connectivity index (χ0n) is 26.0. The molecule has 1 aliphatic heterocycles. The summed E-state index contributed by atoms with van der Waals surface area (Å²) in [5.41, 5.74) is -2.24. The number of piperidine rings is 1. The van der Waals surface area contributed by atoms with Gasteiger partial charge in [0.05, 0.1) is 0 Å². The van der Waals surface area contributed by atoms with Crippen LogP contribution in [0.3, 0.4) is 0 Å². The first-order chi connectivity index (χ1) is 20.0. The Hall–Kier alpha value is -4.03. The van der Waals surface area contributed by atoms with Gasteiger partial charge in [-0.25, -0.2) is 19.2 Å². The molecule has 1 unspecified atom stereocenters. The largest absolute Gasteiger partial charge is 0.480 e. The molecule has 1 aromatic rings. The third-order valence-electron chi connectivity index (χ3n) is 6.47. The number of carbonyl (C=O) groups is 5. The van der Waals surface area contributed by atoms with Crippen LogP contribution in [0.4, 0.5) is 14.4 Å². The third kappa shape index (κ3) is 12.8. The molecule has 1 atom stereocenters. The van der Waals surface area contributed by atoms with Gasteiger partial charge in [-0.15, -0.1) is 0 Å². The fraction of sp³-hybridized carbons (Fsp3) is 0.633. The lowest BCUT2D eigenvalue weighted by Crippen LogP contribution is -2.62. The highest BCUT2D eigenvalue weighted by molar-refractivity contribution is 5.87. The molecule has 13 nitrogen and oxygen atoms in total. The average molecular weight is 607 g/mol. The second kappa shape index (κ2) is 15.4. The van der Waals surface area contributed by atoms with E-state index in [-0.39, 0.29) is 39.0 Å². The summed E-state index contributed by atoms with van der Waals surface area (Å²) in [4.78, 5) is 64.1. The number of likely N-dealkylation sites (tertiary alicyclic amines) is 1. The number of carbonyl (C=O) groups excluding carboxylic acids is 4. The Morgan fingerprint density at radius 2 is 1.47 bits per heavy atom. The average Bonchev–Trinajstić information content (AvgIpc) is 2.89. The molecule has 2 rings (SSSR count). The van der Waals surface area contributed by atoms with E-state index in [1.807, 2.05) is 18.2 Å². The van der Waals surface area contributed by atoms with Gasteiger partial charge in [-0.2, -0.15) is 0 Å². The monoisotopic (exact) mass is 606 g/mol. The van der Waals surface area contributed by atoms with Crippen LogP contribution in [0.25, 0.3) is 0 Å². The summed E-state index contributed by atoms with van der Waals surface area (Å²) < 4.78 is 15.8. The summed E-state index contributed by atoms with van der Waals surface area (Å²) in [6.07, 6.45) is -0.988. The molecule has 1 heterocycles. The number of ether oxygens (including phenoxy) is 3. The molecule has 1 aliphatic rings. The number of nitrogens with one attached hydrogen (secondary N) is 3. The molecular formula is C30H46N4O9. The minimum absolute atomic E-state index is 0.0224. The van der Waals surface area contributed by atoms with Crippen LogP contribution in [0, 0.1) is 0 Å². The van der Waals surface area contributed by atoms with Crippen LogP contribution >= 0.6 is 0 Å². The highest BCUT2D eigenvalue weighted by atomic mass is 16.6. The predicted molar refractivity (Wildman–Crippen MR) is 157 cm³/mol. The summed E-state index contributed by atoms with van der Waals surface area (Å²) in [5, 5.41) is 17.7. The number of rotatable bonds is 11. The minimum atomic E-state index is -1.59. The number of nitrogens with zero attached hydrogens (tertiary/aromatic N) is 1. The van der Waals surface area contributed by atoms with E-state index in [0.717, 1.165) is 5.56 Å². The van der Waals surface area contributed by atoms with E-state index in [4.69, 9.17) is 14.2 Å². The Labute approximate surface area is 253 Å². The topological polar surface area (TPSA) is 173 Å². The minimum Gasteiger partial charge on any atom is -0.480 e. The van der Waals surface area contributed by atoms with E-state index in [1.165, 1.54) is 4.90 Å². The molecule has 1 saturated heterocycles. The van der Waals surface area contributed by atoms with Crippen molar-refractivity contribution < 1.29 is 43.3 Å². The maximum atomic E-state index is 13.5. The molecule has 43 heavy (non-hydrogen) atoms. The van der Waals surface area contributed by atoms with Crippen molar-refractivity contribution >= 4 is 30.2 Å². The first-order valence-corrected chi connectivity index (χ1v) is 14.5. The number of unbranched alkanes of at least 4 members (excludes halogenated alkanes) is 1. The summed E-state index contributed by atoms with van der Waals surface area (Å²) in [6, 6.07) is 8.15. The number of hydrogen-bond acceptors (Lipinski definition) is 8. The number of carboxylic acid groups (broad SMARTS) is 1. The van der Waals surface area contributed by atoms with E-state index in [9.17, 15) is 29.1 Å². The molecule has 13 heteroatoms. The van der Waals surface area contributed by atoms with E-state index in [2.05, 4.69) is 16.0 Å². The van der Waals surface area contributed by atoms with Crippen LogP contribution in [-0.4, -0.2) is 82.6 Å². The molecular weight excluding hydrogens is 560 g/mol. The van der Waals surface area contributed by atoms with Crippen LogP contribution in [0.2, 0.25) is 0 Å². The van der Waals surface area contributed by atoms with Crippen LogP contribution in [0.15, 0.2) is 30.3 Å². The van der Waals surface area contributed by atoms with Crippen LogP contribution < -0.4 is 16.0 Å². The highest BCUT2D eigenvalue weighted by Crippen LogP contribution is 2.25. The summed E-state index contributed by atoms with van der Waals surface area (Å²) in [7, 11) is 0. The number of alkyl carbamates (subject to hydrolysis) is 3. The molecule has 4 N–H and O–H groups in total. The third-order valence-corrected chi connectivity index (χ3v) is 6.47. The Bertz CT molecular complexity index is 1100. The lowest BCUT2D eigenvalue weighted by molar-refractivity contribution is -0.149. The van der Waals surface area contributed by atoms with Gasteiger partial charge in [-0.05, 0) is 79.2 Å². The van der Waals surface area contributed by atoms with Crippen molar-refractivity contribution in [2.75, 3.05) is 19.6 Å². The second-order valence-corrected chi connectivity index (χ2v) is 12.5. The summed E-state index contributed by atoms with van der Waals surface area (Å²) in [6.45, 7) is 10.7. The van der Waals surface area contributed by atoms with Gasteiger partial charge < -0.3 is 40.2 Å². The van der Waals surface area contributed by atoms with Crippen molar-refractivity contribution in [2.24, 2.45) is 0 Å². The predicted octanol–water partition coefficient (Wildman–Crippen LogP) is 3.95. The molecule has 0 bridgehead atoms. The smallest absolute Gasteiger partial charge is 0.408 e. The number of amides is 4. The van der Waals surface area contributed by atoms with Crippen molar-refractivity contribution in [1.82, 2.24) is 20.9 Å². The van der Waals surface area contributed by atoms with Gasteiger partial charge in [0.2, 0.25) is 5.91 Å². The maximum absolute atomic E-state index is 13.5. The maximum Gasteiger partial charge on any atom is 0.408 e. The van der Waals surface area contributed by atoms with Crippen molar-refractivity contribution in [2.45, 2.75) is 103 Å². The zero-order chi connectivity index (χ0) is 32.3. The van der Waals surface area contributed by atoms with Gasteiger partial charge in [0.15, 0.2) is 0 Å². The molecule has 1 aromatic carbocycles. The molecule has 240 valence electrons. The standard InChI is InChI=1S/C30H46N4O9/c1-28(2,3)42-25(38)31-17-11-10-14-22(32-26(39)41-20-21-12-8-7-9-13-21)23(35)34-18-15-30(16-19-34,24(36)37)33-27(40)43-29(4,5)6/h7-9,12-13,22H,10-11,14-20H2,1-6H3,(H,31,38)(H,32,39)(H,33,40)(H,36,37). The molecule has 0 radical (unpaired) electrons. The Morgan fingerprint density at radius 1 is 0.884 bits per heavy atom. The highest BCUT2D eigenvalue weighted by Gasteiger charge is 2.45. The quantitative estimate of drug-likeness (QED) is 0.215. The summed E-state index contributed by atoms with van der Waals surface area (Å²) >= 11 is 0. The van der Waals surface area contributed by atoms with Gasteiger partial charge in [0.25, 0.3) is 0 Å². The van der Waals surface area contributed by atoms with Gasteiger partial charge >= 0.3 is 24.2 Å². The Balaban J connectivity index is 2.01. The van der Waals surface area contributed by atoms with Crippen LogP contribution in [0.1, 0.15) is 79.2 Å². The molecule has 0 spiro atoms. The fourth-order valence-corrected chi connectivity index (χ4v) is 4.36. The Kier molecular flexibility index (Phi) is 12.6. The van der Waals surface area contributed by atoms with Gasteiger partial charge in [-0.3, -0.25) is 4.79 Å². The lowest BCUT2D eigenvalue weighted by atomic mass is 9.87. The van der Waals surface area contributed by atoms with Crippen molar-refractivity contribution in [3.63, 3.8) is 0 Å². The number of carboxylic acids is 1. The van der Waals surface area contributed by atoms with Crippen molar-refractivity contribution in [1.29, 1.82) is 0 Å². The number of benzene rings is 1. The van der Waals surface area contributed by atoms with E-state index >= 15 is 0 Å². The Morgan fingerprint density at radius 3 is 2.02 bits per heavy atom. The fourth-order valence-electron chi connectivity index (χ4n) is 4.36. The van der Waals surface area contributed by atoms with Gasteiger partial charge in [-0.1, -0.05) is 30.3 Å². The molecule has 1 fully saturated rings. The normalized spacial score (nSPS) is 15.4. The molecule has 0 saturated carbocycles. The van der Waals surface area contributed by atoms with E-state index < -0.39 is 52.9 Å². The summed E-state index contributed by atoms with van der Waals surface area (Å²) in [5.74, 6) is -1.62. The zero-order valence-corrected chi connectivity index (χ0v) is 26.0. The van der Waals surface area contributed by atoms with Crippen molar-refractivity contribution in [3.8, 4) is 0 Å². The second-order valence-electron chi connectivity index (χ2n) is 12.5. The van der Waals surface area contributed by atoms with Crippen molar-refractivity contribution in [3.05, 3.63) is 35.9 Å². The van der Waals surface area contributed by atoms with Crippen LogP contribution in [-0.2, 0) is 30.4 Å². The number of hydrogen-bond donors (Lipinski definition) is 4.